The highest BCUT2D eigenvalue weighted by Gasteiger charge is 1.92. The Hall–Kier alpha value is -1.71. The van der Waals surface area contributed by atoms with Crippen LogP contribution in [0.2, 0.25) is 0 Å². The van der Waals surface area contributed by atoms with Crippen molar-refractivity contribution in [3.63, 3.8) is 0 Å². The van der Waals surface area contributed by atoms with Gasteiger partial charge in [0.05, 0.1) is 5.52 Å². The van der Waals surface area contributed by atoms with Crippen LogP contribution < -0.4 is 5.56 Å². The lowest BCUT2D eigenvalue weighted by atomic mass is 10.3. The molecule has 0 aliphatic heterocycles. The Morgan fingerprint density at radius 1 is 1.45 bits per heavy atom. The summed E-state index contributed by atoms with van der Waals surface area (Å²) in [6.45, 7) is 0. The summed E-state index contributed by atoms with van der Waals surface area (Å²) >= 11 is 0. The van der Waals surface area contributed by atoms with E-state index in [1.54, 1.807) is 12.4 Å². The molecule has 4 heteroatoms. The van der Waals surface area contributed by atoms with E-state index < -0.39 is 0 Å². The number of hydrogen-bond donors (Lipinski definition) is 1. The third-order valence-corrected chi connectivity index (χ3v) is 1.41. The van der Waals surface area contributed by atoms with Gasteiger partial charge in [-0.2, -0.15) is 0 Å². The molecule has 54 valence electrons. The minimum atomic E-state index is -0.142. The Balaban J connectivity index is 2.94. The summed E-state index contributed by atoms with van der Waals surface area (Å²) in [6.07, 6.45) is 4.66. The Bertz CT molecular complexity index is 435. The zero-order chi connectivity index (χ0) is 7.68. The van der Waals surface area contributed by atoms with Gasteiger partial charge in [-0.25, -0.2) is 9.97 Å². The Kier molecular flexibility index (Phi) is 1.18. The van der Waals surface area contributed by atoms with E-state index >= 15 is 0 Å². The van der Waals surface area contributed by atoms with E-state index in [0.717, 1.165) is 5.39 Å². The standard InChI is InChI=1S/C7H5N3O/c11-7-1-6-5(3-9-7)2-8-4-10-6/h1-4H,(H,9,11). The molecule has 0 saturated carbocycles. The molecule has 0 fully saturated rings. The van der Waals surface area contributed by atoms with Crippen LogP contribution in [-0.4, -0.2) is 15.0 Å². The third kappa shape index (κ3) is 0.980. The molecule has 0 aromatic carbocycles. The quantitative estimate of drug-likeness (QED) is 0.583. The van der Waals surface area contributed by atoms with E-state index in [4.69, 9.17) is 0 Å². The van der Waals surface area contributed by atoms with Crippen LogP contribution >= 0.6 is 0 Å². The van der Waals surface area contributed by atoms with Crippen LogP contribution in [0.3, 0.4) is 0 Å². The van der Waals surface area contributed by atoms with Crippen LogP contribution in [0.25, 0.3) is 10.9 Å². The van der Waals surface area contributed by atoms with E-state index in [2.05, 4.69) is 15.0 Å². The number of pyridine rings is 1. The van der Waals surface area contributed by atoms with E-state index in [1.807, 2.05) is 0 Å². The summed E-state index contributed by atoms with van der Waals surface area (Å²) in [5.41, 5.74) is 0.528. The Morgan fingerprint density at radius 2 is 2.36 bits per heavy atom. The fourth-order valence-corrected chi connectivity index (χ4v) is 0.896. The highest BCUT2D eigenvalue weighted by atomic mass is 16.1. The van der Waals surface area contributed by atoms with Crippen molar-refractivity contribution >= 4 is 10.9 Å². The van der Waals surface area contributed by atoms with E-state index in [1.165, 1.54) is 12.4 Å². The second kappa shape index (κ2) is 2.16. The molecule has 0 amide bonds. The van der Waals surface area contributed by atoms with Crippen LogP contribution in [0.4, 0.5) is 0 Å². The molecular weight excluding hydrogens is 142 g/mol. The molecule has 2 aromatic rings. The lowest BCUT2D eigenvalue weighted by Gasteiger charge is -1.91. The molecule has 0 atom stereocenters. The summed E-state index contributed by atoms with van der Waals surface area (Å²) in [5, 5.41) is 0.840. The molecule has 0 aliphatic carbocycles. The smallest absolute Gasteiger partial charge is 0.250 e. The maximum absolute atomic E-state index is 10.8. The molecule has 2 rings (SSSR count). The molecule has 0 aliphatic rings. The monoisotopic (exact) mass is 147 g/mol. The third-order valence-electron chi connectivity index (χ3n) is 1.41. The van der Waals surface area contributed by atoms with Gasteiger partial charge in [0.1, 0.15) is 6.33 Å². The minimum Gasteiger partial charge on any atom is -0.328 e. The first-order valence-corrected chi connectivity index (χ1v) is 3.15. The van der Waals surface area contributed by atoms with Gasteiger partial charge in [0.25, 0.3) is 0 Å². The van der Waals surface area contributed by atoms with Gasteiger partial charge in [0.15, 0.2) is 0 Å². The zero-order valence-electron chi connectivity index (χ0n) is 5.61. The second-order valence-corrected chi connectivity index (χ2v) is 2.16. The van der Waals surface area contributed by atoms with Crippen molar-refractivity contribution in [2.24, 2.45) is 0 Å². The van der Waals surface area contributed by atoms with Crippen LogP contribution in [0.5, 0.6) is 0 Å². The van der Waals surface area contributed by atoms with Crippen molar-refractivity contribution in [3.05, 3.63) is 35.1 Å². The highest BCUT2D eigenvalue weighted by Crippen LogP contribution is 2.01. The molecule has 0 spiro atoms. The first kappa shape index (κ1) is 6.03. The molecule has 0 radical (unpaired) electrons. The Morgan fingerprint density at radius 3 is 3.27 bits per heavy atom. The van der Waals surface area contributed by atoms with Crippen LogP contribution in [0.15, 0.2) is 29.6 Å². The van der Waals surface area contributed by atoms with Gasteiger partial charge in [-0.1, -0.05) is 0 Å². The van der Waals surface area contributed by atoms with Gasteiger partial charge in [-0.3, -0.25) is 4.79 Å². The van der Waals surface area contributed by atoms with E-state index in [0.29, 0.717) is 5.52 Å². The van der Waals surface area contributed by atoms with Gasteiger partial charge in [0, 0.05) is 23.8 Å². The number of hydrogen-bond acceptors (Lipinski definition) is 3. The van der Waals surface area contributed by atoms with Gasteiger partial charge < -0.3 is 4.98 Å². The summed E-state index contributed by atoms with van der Waals surface area (Å²) in [4.78, 5) is 21.0. The van der Waals surface area contributed by atoms with E-state index in [9.17, 15) is 4.79 Å². The molecular formula is C7H5N3O. The zero-order valence-corrected chi connectivity index (χ0v) is 5.61. The van der Waals surface area contributed by atoms with Gasteiger partial charge in [0.2, 0.25) is 5.56 Å². The summed E-state index contributed by atoms with van der Waals surface area (Å²) in [5.74, 6) is 0. The molecule has 0 saturated heterocycles. The summed E-state index contributed by atoms with van der Waals surface area (Å²) in [6, 6.07) is 1.44. The van der Waals surface area contributed by atoms with Crippen molar-refractivity contribution in [2.45, 2.75) is 0 Å². The summed E-state index contributed by atoms with van der Waals surface area (Å²) < 4.78 is 0. The van der Waals surface area contributed by atoms with Gasteiger partial charge in [-0.05, 0) is 0 Å². The van der Waals surface area contributed by atoms with Crippen molar-refractivity contribution in [1.82, 2.24) is 15.0 Å². The lowest BCUT2D eigenvalue weighted by Crippen LogP contribution is -2.02. The average molecular weight is 147 g/mol. The van der Waals surface area contributed by atoms with Gasteiger partial charge in [-0.15, -0.1) is 0 Å². The van der Waals surface area contributed by atoms with Crippen molar-refractivity contribution < 1.29 is 0 Å². The molecule has 11 heavy (non-hydrogen) atoms. The molecule has 2 heterocycles. The molecule has 0 unspecified atom stereocenters. The largest absolute Gasteiger partial charge is 0.328 e. The number of H-pyrrole nitrogens is 1. The van der Waals surface area contributed by atoms with Crippen LogP contribution in [0, 0.1) is 0 Å². The maximum Gasteiger partial charge on any atom is 0.250 e. The number of rotatable bonds is 0. The molecule has 1 N–H and O–H groups in total. The molecule has 4 nitrogen and oxygen atoms in total. The van der Waals surface area contributed by atoms with E-state index in [-0.39, 0.29) is 5.56 Å². The summed E-state index contributed by atoms with van der Waals surface area (Å²) in [7, 11) is 0. The molecule has 0 bridgehead atoms. The van der Waals surface area contributed by atoms with Crippen molar-refractivity contribution in [1.29, 1.82) is 0 Å². The van der Waals surface area contributed by atoms with Crippen LogP contribution in [0.1, 0.15) is 0 Å². The SMILES string of the molecule is O=c1cc2ncncc2c[nH]1. The number of fused-ring (bicyclic) bond motifs is 1. The topological polar surface area (TPSA) is 58.6 Å². The normalized spacial score (nSPS) is 10.2. The maximum atomic E-state index is 10.8. The number of nitrogens with one attached hydrogen (secondary N) is 1. The second-order valence-electron chi connectivity index (χ2n) is 2.16. The minimum absolute atomic E-state index is 0.142. The average Bonchev–Trinajstić information content (AvgIpc) is 2.04. The van der Waals surface area contributed by atoms with Crippen LogP contribution in [-0.2, 0) is 0 Å². The van der Waals surface area contributed by atoms with Crippen molar-refractivity contribution in [3.8, 4) is 0 Å². The first-order valence-electron chi connectivity index (χ1n) is 3.15. The lowest BCUT2D eigenvalue weighted by molar-refractivity contribution is 1.19. The number of nitrogens with zero attached hydrogens (tertiary/aromatic N) is 2. The van der Waals surface area contributed by atoms with Crippen molar-refractivity contribution in [2.75, 3.05) is 0 Å². The predicted octanol–water partition coefficient (Wildman–Crippen LogP) is 0.318. The number of aromatic amines is 1. The first-order chi connectivity index (χ1) is 5.36. The fraction of sp³-hybridized carbons (Fsp3) is 0. The Labute approximate surface area is 61.9 Å². The fourth-order valence-electron chi connectivity index (χ4n) is 0.896. The predicted molar refractivity (Wildman–Crippen MR) is 40.2 cm³/mol. The molecule has 2 aromatic heterocycles. The number of aromatic nitrogens is 3. The van der Waals surface area contributed by atoms with Gasteiger partial charge >= 0.3 is 0 Å². The highest BCUT2D eigenvalue weighted by molar-refractivity contribution is 5.75.